The molecule has 24 heavy (non-hydrogen) atoms. The lowest BCUT2D eigenvalue weighted by Crippen LogP contribution is -2.30. The van der Waals surface area contributed by atoms with Gasteiger partial charge in [-0.3, -0.25) is 4.79 Å². The maximum atomic E-state index is 12.9. The highest BCUT2D eigenvalue weighted by Gasteiger charge is 2.29. The van der Waals surface area contributed by atoms with Crippen molar-refractivity contribution in [2.75, 3.05) is 13.1 Å². The van der Waals surface area contributed by atoms with Crippen molar-refractivity contribution in [1.82, 2.24) is 9.47 Å². The van der Waals surface area contributed by atoms with E-state index in [1.54, 1.807) is 11.3 Å². The standard InChI is InChI=1S/C20H20N2OS/c23-20(19-9-4-11-21(19)15-18-8-5-13-24-18)22-12-10-17(14-22)16-6-2-1-3-7-16/h1-9,11,13,17H,10,12,14-15H2/t17-/m1/s1. The Morgan fingerprint density at radius 1 is 1.08 bits per heavy atom. The van der Waals surface area contributed by atoms with Crippen LogP contribution in [0.1, 0.15) is 33.3 Å². The van der Waals surface area contributed by atoms with Gasteiger partial charge in [0.15, 0.2) is 0 Å². The number of nitrogens with zero attached hydrogens (tertiary/aromatic N) is 2. The molecule has 0 unspecified atom stereocenters. The lowest BCUT2D eigenvalue weighted by molar-refractivity contribution is 0.0780. The molecule has 0 radical (unpaired) electrons. The summed E-state index contributed by atoms with van der Waals surface area (Å²) >= 11 is 1.73. The van der Waals surface area contributed by atoms with Gasteiger partial charge in [0.05, 0.1) is 6.54 Å². The minimum absolute atomic E-state index is 0.148. The predicted molar refractivity (Wildman–Crippen MR) is 97.6 cm³/mol. The molecule has 1 aromatic carbocycles. The van der Waals surface area contributed by atoms with Crippen LogP contribution in [0.3, 0.4) is 0 Å². The second-order valence-corrected chi connectivity index (χ2v) is 7.28. The van der Waals surface area contributed by atoms with Crippen LogP contribution >= 0.6 is 11.3 Å². The van der Waals surface area contributed by atoms with Crippen molar-refractivity contribution in [2.24, 2.45) is 0 Å². The Balaban J connectivity index is 1.48. The molecule has 0 bridgehead atoms. The van der Waals surface area contributed by atoms with Gasteiger partial charge in [-0.2, -0.15) is 0 Å². The quantitative estimate of drug-likeness (QED) is 0.700. The summed E-state index contributed by atoms with van der Waals surface area (Å²) in [5.74, 6) is 0.603. The van der Waals surface area contributed by atoms with Gasteiger partial charge in [0, 0.05) is 30.1 Å². The molecule has 0 aliphatic carbocycles. The molecule has 1 saturated heterocycles. The Morgan fingerprint density at radius 3 is 2.75 bits per heavy atom. The van der Waals surface area contributed by atoms with Gasteiger partial charge in [0.1, 0.15) is 5.69 Å². The van der Waals surface area contributed by atoms with E-state index in [-0.39, 0.29) is 5.91 Å². The summed E-state index contributed by atoms with van der Waals surface area (Å²) < 4.78 is 2.06. The SMILES string of the molecule is O=C(c1cccn1Cc1cccs1)N1CC[C@@H](c2ccccc2)C1. The molecule has 2 aromatic heterocycles. The number of thiophene rings is 1. The lowest BCUT2D eigenvalue weighted by atomic mass is 9.99. The van der Waals surface area contributed by atoms with Gasteiger partial charge in [-0.15, -0.1) is 11.3 Å². The van der Waals surface area contributed by atoms with Gasteiger partial charge in [-0.25, -0.2) is 0 Å². The van der Waals surface area contributed by atoms with Gasteiger partial charge in [0.25, 0.3) is 5.91 Å². The van der Waals surface area contributed by atoms with Crippen molar-refractivity contribution in [2.45, 2.75) is 18.9 Å². The smallest absolute Gasteiger partial charge is 0.270 e. The molecule has 3 aromatic rings. The van der Waals surface area contributed by atoms with Gasteiger partial charge >= 0.3 is 0 Å². The number of hydrogen-bond acceptors (Lipinski definition) is 2. The van der Waals surface area contributed by atoms with E-state index in [1.165, 1.54) is 10.4 Å². The predicted octanol–water partition coefficient (Wildman–Crippen LogP) is 4.23. The number of hydrogen-bond donors (Lipinski definition) is 0. The molecule has 1 aliphatic heterocycles. The maximum Gasteiger partial charge on any atom is 0.270 e. The molecule has 1 amide bonds. The van der Waals surface area contributed by atoms with E-state index in [0.717, 1.165) is 31.7 Å². The van der Waals surface area contributed by atoms with Crippen LogP contribution in [0.2, 0.25) is 0 Å². The maximum absolute atomic E-state index is 12.9. The Hall–Kier alpha value is -2.33. The lowest BCUT2D eigenvalue weighted by Gasteiger charge is -2.18. The van der Waals surface area contributed by atoms with Crippen molar-refractivity contribution in [3.05, 3.63) is 82.3 Å². The molecule has 0 spiro atoms. The molecule has 0 N–H and O–H groups in total. The minimum Gasteiger partial charge on any atom is -0.338 e. The molecule has 1 atom stereocenters. The summed E-state index contributed by atoms with van der Waals surface area (Å²) in [6, 6.07) is 18.6. The second-order valence-electron chi connectivity index (χ2n) is 6.25. The van der Waals surface area contributed by atoms with E-state index in [0.29, 0.717) is 5.92 Å². The highest BCUT2D eigenvalue weighted by Crippen LogP contribution is 2.28. The zero-order valence-electron chi connectivity index (χ0n) is 13.5. The van der Waals surface area contributed by atoms with Gasteiger partial charge < -0.3 is 9.47 Å². The van der Waals surface area contributed by atoms with E-state index >= 15 is 0 Å². The summed E-state index contributed by atoms with van der Waals surface area (Å²) in [5, 5.41) is 2.07. The van der Waals surface area contributed by atoms with E-state index in [4.69, 9.17) is 0 Å². The molecule has 3 nitrogen and oxygen atoms in total. The summed E-state index contributed by atoms with van der Waals surface area (Å²) in [6.45, 7) is 2.41. The van der Waals surface area contributed by atoms with E-state index < -0.39 is 0 Å². The number of rotatable bonds is 4. The number of likely N-dealkylation sites (tertiary alicyclic amines) is 1. The first-order chi connectivity index (χ1) is 11.8. The van der Waals surface area contributed by atoms with Crippen molar-refractivity contribution < 1.29 is 4.79 Å². The van der Waals surface area contributed by atoms with Crippen molar-refractivity contribution in [3.63, 3.8) is 0 Å². The van der Waals surface area contributed by atoms with Crippen molar-refractivity contribution >= 4 is 17.2 Å². The van der Waals surface area contributed by atoms with Crippen molar-refractivity contribution in [1.29, 1.82) is 0 Å². The third-order valence-electron chi connectivity index (χ3n) is 4.70. The highest BCUT2D eigenvalue weighted by atomic mass is 32.1. The molecular formula is C20H20N2OS. The number of benzene rings is 1. The molecule has 4 rings (SSSR count). The number of carbonyl (C=O) groups is 1. The third-order valence-corrected chi connectivity index (χ3v) is 5.56. The van der Waals surface area contributed by atoms with Crippen molar-refractivity contribution in [3.8, 4) is 0 Å². The van der Waals surface area contributed by atoms with E-state index in [2.05, 4.69) is 46.3 Å². The Morgan fingerprint density at radius 2 is 1.96 bits per heavy atom. The fourth-order valence-corrected chi connectivity index (χ4v) is 4.12. The average Bonchev–Trinajstić information content (AvgIpc) is 3.37. The molecule has 3 heterocycles. The first-order valence-electron chi connectivity index (χ1n) is 8.33. The first kappa shape index (κ1) is 15.2. The fraction of sp³-hybridized carbons (Fsp3) is 0.250. The number of carbonyl (C=O) groups excluding carboxylic acids is 1. The summed E-state index contributed by atoms with van der Waals surface area (Å²) in [6.07, 6.45) is 3.04. The third kappa shape index (κ3) is 3.02. The van der Waals surface area contributed by atoms with Crippen LogP contribution < -0.4 is 0 Å². The van der Waals surface area contributed by atoms with Crippen LogP contribution in [0.25, 0.3) is 0 Å². The van der Waals surface area contributed by atoms with Crippen LogP contribution in [-0.4, -0.2) is 28.5 Å². The summed E-state index contributed by atoms with van der Waals surface area (Å²) in [7, 11) is 0. The van der Waals surface area contributed by atoms with Gasteiger partial charge in [0.2, 0.25) is 0 Å². The molecule has 1 fully saturated rings. The second kappa shape index (κ2) is 6.65. The van der Waals surface area contributed by atoms with E-state index in [9.17, 15) is 4.79 Å². The first-order valence-corrected chi connectivity index (χ1v) is 9.21. The number of aromatic nitrogens is 1. The molecule has 1 aliphatic rings. The highest BCUT2D eigenvalue weighted by molar-refractivity contribution is 7.09. The minimum atomic E-state index is 0.148. The molecule has 4 heteroatoms. The fourth-order valence-electron chi connectivity index (χ4n) is 3.42. The zero-order valence-corrected chi connectivity index (χ0v) is 14.3. The Labute approximate surface area is 146 Å². The van der Waals surface area contributed by atoms with E-state index in [1.807, 2.05) is 29.3 Å². The topological polar surface area (TPSA) is 25.2 Å². The van der Waals surface area contributed by atoms with Gasteiger partial charge in [-0.1, -0.05) is 36.4 Å². The molecular weight excluding hydrogens is 316 g/mol. The largest absolute Gasteiger partial charge is 0.338 e. The van der Waals surface area contributed by atoms with Crippen LogP contribution in [0.5, 0.6) is 0 Å². The normalized spacial score (nSPS) is 17.3. The molecule has 122 valence electrons. The van der Waals surface area contributed by atoms with Crippen LogP contribution in [-0.2, 0) is 6.54 Å². The monoisotopic (exact) mass is 336 g/mol. The Kier molecular flexibility index (Phi) is 4.22. The Bertz CT molecular complexity index is 807. The molecule has 0 saturated carbocycles. The van der Waals surface area contributed by atoms with Crippen LogP contribution in [0.15, 0.2) is 66.2 Å². The number of amides is 1. The van der Waals surface area contributed by atoms with Gasteiger partial charge in [-0.05, 0) is 35.6 Å². The summed E-state index contributed by atoms with van der Waals surface area (Å²) in [5.41, 5.74) is 2.12. The zero-order chi connectivity index (χ0) is 16.4. The van der Waals surface area contributed by atoms with Crippen LogP contribution in [0, 0.1) is 0 Å². The summed E-state index contributed by atoms with van der Waals surface area (Å²) in [4.78, 5) is 16.2. The average molecular weight is 336 g/mol. The van der Waals surface area contributed by atoms with Crippen LogP contribution in [0.4, 0.5) is 0 Å².